The third kappa shape index (κ3) is 3.60. The van der Waals surface area contributed by atoms with Crippen LogP contribution in [0.2, 0.25) is 0 Å². The fraction of sp³-hybridized carbons (Fsp3) is 0.467. The standard InChI is InChI=1S/C15H20N4O3/c1-10(20)19-8-11-4-3-6-17-14(11)12(9-19)15(22)18-7-5-13(21)16-2/h3-4,6,12H,5,7-9H2,1-2H3,(H,16,21)(H,18,22). The Hall–Kier alpha value is -2.44. The Labute approximate surface area is 129 Å². The monoisotopic (exact) mass is 304 g/mol. The molecule has 1 aliphatic heterocycles. The fourth-order valence-electron chi connectivity index (χ4n) is 2.47. The highest BCUT2D eigenvalue weighted by Gasteiger charge is 2.32. The van der Waals surface area contributed by atoms with Crippen molar-refractivity contribution < 1.29 is 14.4 Å². The zero-order valence-corrected chi connectivity index (χ0v) is 12.8. The molecule has 2 N–H and O–H groups in total. The lowest BCUT2D eigenvalue weighted by atomic mass is 9.94. The number of rotatable bonds is 4. The van der Waals surface area contributed by atoms with Gasteiger partial charge in [-0.15, -0.1) is 0 Å². The Balaban J connectivity index is 2.09. The van der Waals surface area contributed by atoms with Crippen molar-refractivity contribution in [1.82, 2.24) is 20.5 Å². The lowest BCUT2D eigenvalue weighted by Gasteiger charge is -2.32. The number of nitrogens with one attached hydrogen (secondary N) is 2. The van der Waals surface area contributed by atoms with Gasteiger partial charge >= 0.3 is 0 Å². The van der Waals surface area contributed by atoms with Crippen molar-refractivity contribution in [3.8, 4) is 0 Å². The van der Waals surface area contributed by atoms with Crippen LogP contribution in [0.3, 0.4) is 0 Å². The number of carbonyl (C=O) groups excluding carboxylic acids is 3. The molecule has 22 heavy (non-hydrogen) atoms. The Morgan fingerprint density at radius 2 is 2.18 bits per heavy atom. The molecule has 0 radical (unpaired) electrons. The molecule has 0 aliphatic carbocycles. The van der Waals surface area contributed by atoms with E-state index in [0.29, 0.717) is 18.8 Å². The van der Waals surface area contributed by atoms with Gasteiger partial charge in [-0.25, -0.2) is 0 Å². The van der Waals surface area contributed by atoms with Gasteiger partial charge in [-0.05, 0) is 11.6 Å². The summed E-state index contributed by atoms with van der Waals surface area (Å²) in [5.74, 6) is -0.918. The Morgan fingerprint density at radius 1 is 1.41 bits per heavy atom. The largest absolute Gasteiger partial charge is 0.359 e. The van der Waals surface area contributed by atoms with Gasteiger partial charge < -0.3 is 15.5 Å². The molecule has 1 aromatic rings. The summed E-state index contributed by atoms with van der Waals surface area (Å²) in [7, 11) is 1.55. The first-order chi connectivity index (χ1) is 10.5. The molecule has 1 aromatic heterocycles. The number of carbonyl (C=O) groups is 3. The number of hydrogen-bond donors (Lipinski definition) is 2. The van der Waals surface area contributed by atoms with Gasteiger partial charge in [0, 0.05) is 46.2 Å². The second kappa shape index (κ2) is 7.02. The maximum absolute atomic E-state index is 12.4. The average Bonchev–Trinajstić information content (AvgIpc) is 2.53. The molecular formula is C15H20N4O3. The van der Waals surface area contributed by atoms with Crippen LogP contribution >= 0.6 is 0 Å². The zero-order chi connectivity index (χ0) is 16.1. The van der Waals surface area contributed by atoms with E-state index >= 15 is 0 Å². The number of fused-ring (bicyclic) bond motifs is 1. The zero-order valence-electron chi connectivity index (χ0n) is 12.8. The van der Waals surface area contributed by atoms with E-state index in [2.05, 4.69) is 15.6 Å². The van der Waals surface area contributed by atoms with Crippen LogP contribution in [-0.4, -0.2) is 47.7 Å². The first-order valence-corrected chi connectivity index (χ1v) is 7.20. The summed E-state index contributed by atoms with van der Waals surface area (Å²) < 4.78 is 0. The smallest absolute Gasteiger partial charge is 0.230 e. The Bertz CT molecular complexity index is 588. The molecule has 0 bridgehead atoms. The molecule has 118 valence electrons. The molecule has 1 atom stereocenters. The van der Waals surface area contributed by atoms with Crippen molar-refractivity contribution >= 4 is 17.7 Å². The van der Waals surface area contributed by atoms with Gasteiger partial charge in [0.1, 0.15) is 0 Å². The second-order valence-corrected chi connectivity index (χ2v) is 5.21. The Kier molecular flexibility index (Phi) is 5.08. The molecule has 7 heteroatoms. The summed E-state index contributed by atoms with van der Waals surface area (Å²) in [4.78, 5) is 41.1. The van der Waals surface area contributed by atoms with E-state index in [9.17, 15) is 14.4 Å². The van der Waals surface area contributed by atoms with E-state index in [1.165, 1.54) is 6.92 Å². The molecule has 0 saturated heterocycles. The highest BCUT2D eigenvalue weighted by molar-refractivity contribution is 5.86. The third-order valence-corrected chi connectivity index (χ3v) is 3.71. The minimum atomic E-state index is -0.501. The lowest BCUT2D eigenvalue weighted by Crippen LogP contribution is -2.44. The maximum atomic E-state index is 12.4. The number of pyridine rings is 1. The highest BCUT2D eigenvalue weighted by Crippen LogP contribution is 2.26. The van der Waals surface area contributed by atoms with Crippen LogP contribution in [0.4, 0.5) is 0 Å². The first kappa shape index (κ1) is 15.9. The van der Waals surface area contributed by atoms with E-state index in [-0.39, 0.29) is 30.7 Å². The lowest BCUT2D eigenvalue weighted by molar-refractivity contribution is -0.131. The van der Waals surface area contributed by atoms with Crippen molar-refractivity contribution in [3.05, 3.63) is 29.6 Å². The van der Waals surface area contributed by atoms with Gasteiger partial charge in [-0.2, -0.15) is 0 Å². The quantitative estimate of drug-likeness (QED) is 0.804. The minimum Gasteiger partial charge on any atom is -0.359 e. The molecule has 2 rings (SSSR count). The molecule has 7 nitrogen and oxygen atoms in total. The average molecular weight is 304 g/mol. The summed E-state index contributed by atoms with van der Waals surface area (Å²) >= 11 is 0. The normalized spacial score (nSPS) is 16.6. The van der Waals surface area contributed by atoms with Crippen LogP contribution in [0, 0.1) is 0 Å². The van der Waals surface area contributed by atoms with Gasteiger partial charge in [-0.3, -0.25) is 19.4 Å². The molecule has 1 unspecified atom stereocenters. The van der Waals surface area contributed by atoms with Crippen LogP contribution < -0.4 is 10.6 Å². The van der Waals surface area contributed by atoms with Crippen molar-refractivity contribution in [2.75, 3.05) is 20.1 Å². The van der Waals surface area contributed by atoms with Crippen molar-refractivity contribution in [1.29, 1.82) is 0 Å². The predicted octanol–water partition coefficient (Wildman–Crippen LogP) is -0.220. The molecule has 1 aliphatic rings. The van der Waals surface area contributed by atoms with E-state index in [4.69, 9.17) is 0 Å². The van der Waals surface area contributed by atoms with Gasteiger partial charge in [0.05, 0.1) is 11.6 Å². The number of amides is 3. The van der Waals surface area contributed by atoms with Crippen molar-refractivity contribution in [3.63, 3.8) is 0 Å². The van der Waals surface area contributed by atoms with E-state index in [1.807, 2.05) is 6.07 Å². The highest BCUT2D eigenvalue weighted by atomic mass is 16.2. The van der Waals surface area contributed by atoms with E-state index in [0.717, 1.165) is 5.56 Å². The Morgan fingerprint density at radius 3 is 2.86 bits per heavy atom. The number of nitrogens with zero attached hydrogens (tertiary/aromatic N) is 2. The van der Waals surface area contributed by atoms with Gasteiger partial charge in [0.25, 0.3) is 0 Å². The van der Waals surface area contributed by atoms with Gasteiger partial charge in [0.2, 0.25) is 17.7 Å². The summed E-state index contributed by atoms with van der Waals surface area (Å²) in [6, 6.07) is 3.67. The molecule has 0 spiro atoms. The second-order valence-electron chi connectivity index (χ2n) is 5.21. The minimum absolute atomic E-state index is 0.0716. The van der Waals surface area contributed by atoms with Crippen LogP contribution in [0.25, 0.3) is 0 Å². The fourth-order valence-corrected chi connectivity index (χ4v) is 2.47. The first-order valence-electron chi connectivity index (χ1n) is 7.20. The molecular weight excluding hydrogens is 284 g/mol. The molecule has 3 amide bonds. The third-order valence-electron chi connectivity index (χ3n) is 3.71. The number of aromatic nitrogens is 1. The van der Waals surface area contributed by atoms with Gasteiger partial charge in [-0.1, -0.05) is 6.07 Å². The predicted molar refractivity (Wildman–Crippen MR) is 79.8 cm³/mol. The molecule has 0 fully saturated rings. The van der Waals surface area contributed by atoms with Crippen LogP contribution in [-0.2, 0) is 20.9 Å². The van der Waals surface area contributed by atoms with Crippen LogP contribution in [0.15, 0.2) is 18.3 Å². The molecule has 2 heterocycles. The van der Waals surface area contributed by atoms with E-state index < -0.39 is 5.92 Å². The summed E-state index contributed by atoms with van der Waals surface area (Å²) in [6.45, 7) is 2.53. The van der Waals surface area contributed by atoms with Crippen LogP contribution in [0.1, 0.15) is 30.5 Å². The van der Waals surface area contributed by atoms with E-state index in [1.54, 1.807) is 24.2 Å². The summed E-state index contributed by atoms with van der Waals surface area (Å²) in [6.07, 6.45) is 1.87. The molecule has 0 aromatic carbocycles. The summed E-state index contributed by atoms with van der Waals surface area (Å²) in [5, 5.41) is 5.24. The van der Waals surface area contributed by atoms with Crippen LogP contribution in [0.5, 0.6) is 0 Å². The van der Waals surface area contributed by atoms with Gasteiger partial charge in [0.15, 0.2) is 0 Å². The maximum Gasteiger partial charge on any atom is 0.230 e. The number of hydrogen-bond acceptors (Lipinski definition) is 4. The summed E-state index contributed by atoms with van der Waals surface area (Å²) in [5.41, 5.74) is 1.59. The SMILES string of the molecule is CNC(=O)CCNC(=O)C1CN(C(C)=O)Cc2cccnc21. The van der Waals surface area contributed by atoms with Crippen molar-refractivity contribution in [2.45, 2.75) is 25.8 Å². The van der Waals surface area contributed by atoms with Crippen molar-refractivity contribution in [2.24, 2.45) is 0 Å². The molecule has 0 saturated carbocycles. The topological polar surface area (TPSA) is 91.4 Å².